The maximum atomic E-state index is 11.5. The molecule has 0 unspecified atom stereocenters. The zero-order chi connectivity index (χ0) is 11.3. The number of aromatic nitrogens is 1. The average Bonchev–Trinajstić information content (AvgIpc) is 2.60. The molecule has 0 saturated carbocycles. The summed E-state index contributed by atoms with van der Waals surface area (Å²) in [6, 6.07) is 1.83. The van der Waals surface area contributed by atoms with Crippen LogP contribution in [0.1, 0.15) is 24.3 Å². The van der Waals surface area contributed by atoms with Gasteiger partial charge in [0.05, 0.1) is 6.54 Å². The molecule has 0 spiro atoms. The van der Waals surface area contributed by atoms with Gasteiger partial charge in [-0.3, -0.25) is 4.79 Å². The van der Waals surface area contributed by atoms with Crippen molar-refractivity contribution in [1.82, 2.24) is 10.1 Å². The van der Waals surface area contributed by atoms with Crippen molar-refractivity contribution in [2.45, 2.75) is 26.3 Å². The average molecular weight is 211 g/mol. The number of nitrogens with zero attached hydrogens (tertiary/aromatic N) is 2. The molecule has 1 aromatic rings. The van der Waals surface area contributed by atoms with Crippen LogP contribution in [0.5, 0.6) is 0 Å². The van der Waals surface area contributed by atoms with Crippen molar-refractivity contribution in [1.29, 1.82) is 0 Å². The van der Waals surface area contributed by atoms with E-state index in [2.05, 4.69) is 5.16 Å². The van der Waals surface area contributed by atoms with Crippen LogP contribution < -0.4 is 5.73 Å². The molecule has 5 heteroatoms. The summed E-state index contributed by atoms with van der Waals surface area (Å²) in [5.74, 6) is 0.842. The molecule has 84 valence electrons. The second-order valence-electron chi connectivity index (χ2n) is 3.57. The zero-order valence-corrected chi connectivity index (χ0v) is 9.19. The third-order valence-electron chi connectivity index (χ3n) is 2.10. The largest absolute Gasteiger partial charge is 0.361 e. The van der Waals surface area contributed by atoms with Crippen molar-refractivity contribution < 1.29 is 9.32 Å². The Morgan fingerprint density at radius 1 is 1.67 bits per heavy atom. The van der Waals surface area contributed by atoms with Gasteiger partial charge in [-0.25, -0.2) is 0 Å². The van der Waals surface area contributed by atoms with Crippen molar-refractivity contribution in [2.75, 3.05) is 13.6 Å². The van der Waals surface area contributed by atoms with Crippen molar-refractivity contribution in [2.24, 2.45) is 5.73 Å². The van der Waals surface area contributed by atoms with Crippen LogP contribution in [0, 0.1) is 6.92 Å². The summed E-state index contributed by atoms with van der Waals surface area (Å²) in [6.45, 7) is 2.86. The monoisotopic (exact) mass is 211 g/mol. The Morgan fingerprint density at radius 3 is 2.93 bits per heavy atom. The minimum absolute atomic E-state index is 0.0844. The molecule has 0 aliphatic heterocycles. The number of hydrogen-bond acceptors (Lipinski definition) is 4. The van der Waals surface area contributed by atoms with Crippen LogP contribution in [0.25, 0.3) is 0 Å². The van der Waals surface area contributed by atoms with E-state index in [0.717, 1.165) is 17.9 Å². The van der Waals surface area contributed by atoms with Crippen molar-refractivity contribution >= 4 is 5.91 Å². The lowest BCUT2D eigenvalue weighted by molar-refractivity contribution is -0.130. The topological polar surface area (TPSA) is 72.4 Å². The molecular weight excluding hydrogens is 194 g/mol. The van der Waals surface area contributed by atoms with Gasteiger partial charge in [-0.1, -0.05) is 5.16 Å². The molecule has 0 radical (unpaired) electrons. The van der Waals surface area contributed by atoms with E-state index in [1.165, 1.54) is 0 Å². The normalized spacial score (nSPS) is 10.3. The van der Waals surface area contributed by atoms with Gasteiger partial charge < -0.3 is 15.2 Å². The molecule has 1 aromatic heterocycles. The molecule has 1 heterocycles. The van der Waals surface area contributed by atoms with E-state index in [-0.39, 0.29) is 5.91 Å². The fourth-order valence-corrected chi connectivity index (χ4v) is 1.27. The van der Waals surface area contributed by atoms with Crippen LogP contribution in [-0.2, 0) is 11.3 Å². The maximum absolute atomic E-state index is 11.5. The van der Waals surface area contributed by atoms with E-state index >= 15 is 0 Å². The first kappa shape index (κ1) is 11.7. The lowest BCUT2D eigenvalue weighted by Gasteiger charge is -2.14. The van der Waals surface area contributed by atoms with Crippen LogP contribution in [0.3, 0.4) is 0 Å². The summed E-state index contributed by atoms with van der Waals surface area (Å²) in [5, 5.41) is 3.82. The number of nitrogens with two attached hydrogens (primary N) is 1. The first-order valence-electron chi connectivity index (χ1n) is 4.99. The second-order valence-corrected chi connectivity index (χ2v) is 3.57. The lowest BCUT2D eigenvalue weighted by Crippen LogP contribution is -2.26. The van der Waals surface area contributed by atoms with Crippen LogP contribution in [0.4, 0.5) is 0 Å². The Kier molecular flexibility index (Phi) is 4.30. The number of hydrogen-bond donors (Lipinski definition) is 1. The zero-order valence-electron chi connectivity index (χ0n) is 9.19. The van der Waals surface area contributed by atoms with Gasteiger partial charge in [0.2, 0.25) is 5.91 Å². The molecule has 0 fully saturated rings. The molecular formula is C10H17N3O2. The SMILES string of the molecule is Cc1cc(CN(C)C(=O)CCCN)no1. The van der Waals surface area contributed by atoms with E-state index < -0.39 is 0 Å². The Hall–Kier alpha value is -1.36. The quantitative estimate of drug-likeness (QED) is 0.777. The van der Waals surface area contributed by atoms with Crippen molar-refractivity contribution in [3.8, 4) is 0 Å². The summed E-state index contributed by atoms with van der Waals surface area (Å²) in [4.78, 5) is 13.2. The number of amides is 1. The second kappa shape index (κ2) is 5.50. The van der Waals surface area contributed by atoms with Gasteiger partial charge in [0, 0.05) is 19.5 Å². The van der Waals surface area contributed by atoms with Crippen molar-refractivity contribution in [3.63, 3.8) is 0 Å². The summed E-state index contributed by atoms with van der Waals surface area (Å²) in [6.07, 6.45) is 1.21. The number of carbonyl (C=O) groups is 1. The summed E-state index contributed by atoms with van der Waals surface area (Å²) in [7, 11) is 1.75. The Labute approximate surface area is 89.2 Å². The highest BCUT2D eigenvalue weighted by Crippen LogP contribution is 2.05. The molecule has 0 atom stereocenters. The minimum Gasteiger partial charge on any atom is -0.361 e. The molecule has 2 N–H and O–H groups in total. The standard InChI is InChI=1S/C10H17N3O2/c1-8-6-9(12-15-8)7-13(2)10(14)4-3-5-11/h6H,3-5,7,11H2,1-2H3. The van der Waals surface area contributed by atoms with Gasteiger partial charge in [0.1, 0.15) is 11.5 Å². The highest BCUT2D eigenvalue weighted by atomic mass is 16.5. The third-order valence-corrected chi connectivity index (χ3v) is 2.10. The molecule has 0 bridgehead atoms. The molecule has 0 aromatic carbocycles. The number of aryl methyl sites for hydroxylation is 1. The van der Waals surface area contributed by atoms with Crippen LogP contribution in [-0.4, -0.2) is 29.6 Å². The summed E-state index contributed by atoms with van der Waals surface area (Å²) < 4.78 is 4.92. The van der Waals surface area contributed by atoms with E-state index in [1.54, 1.807) is 11.9 Å². The van der Waals surface area contributed by atoms with E-state index in [1.807, 2.05) is 13.0 Å². The Morgan fingerprint density at radius 2 is 2.40 bits per heavy atom. The minimum atomic E-state index is 0.0844. The maximum Gasteiger partial charge on any atom is 0.222 e. The van der Waals surface area contributed by atoms with Gasteiger partial charge in [-0.2, -0.15) is 0 Å². The molecule has 0 aliphatic carbocycles. The van der Waals surface area contributed by atoms with Crippen LogP contribution in [0.2, 0.25) is 0 Å². The predicted octanol–water partition coefficient (Wildman–Crippen LogP) is 0.680. The first-order chi connectivity index (χ1) is 7.13. The van der Waals surface area contributed by atoms with Gasteiger partial charge in [0.15, 0.2) is 0 Å². The fourth-order valence-electron chi connectivity index (χ4n) is 1.27. The molecule has 5 nitrogen and oxygen atoms in total. The molecule has 15 heavy (non-hydrogen) atoms. The number of carbonyl (C=O) groups excluding carboxylic acids is 1. The highest BCUT2D eigenvalue weighted by Gasteiger charge is 2.10. The van der Waals surface area contributed by atoms with E-state index in [0.29, 0.717) is 19.5 Å². The smallest absolute Gasteiger partial charge is 0.222 e. The molecule has 0 aliphatic rings. The fraction of sp³-hybridized carbons (Fsp3) is 0.600. The Bertz CT molecular complexity index is 322. The molecule has 1 rings (SSSR count). The van der Waals surface area contributed by atoms with Crippen LogP contribution in [0.15, 0.2) is 10.6 Å². The van der Waals surface area contributed by atoms with Gasteiger partial charge in [-0.15, -0.1) is 0 Å². The first-order valence-corrected chi connectivity index (χ1v) is 4.99. The summed E-state index contributed by atoms with van der Waals surface area (Å²) in [5.41, 5.74) is 6.11. The highest BCUT2D eigenvalue weighted by molar-refractivity contribution is 5.75. The Balaban J connectivity index is 2.41. The van der Waals surface area contributed by atoms with Gasteiger partial charge >= 0.3 is 0 Å². The van der Waals surface area contributed by atoms with Crippen LogP contribution >= 0.6 is 0 Å². The molecule has 1 amide bonds. The van der Waals surface area contributed by atoms with E-state index in [4.69, 9.17) is 10.3 Å². The number of rotatable bonds is 5. The molecule has 0 saturated heterocycles. The van der Waals surface area contributed by atoms with Crippen molar-refractivity contribution in [3.05, 3.63) is 17.5 Å². The third kappa shape index (κ3) is 3.71. The predicted molar refractivity (Wildman–Crippen MR) is 56.0 cm³/mol. The van der Waals surface area contributed by atoms with Gasteiger partial charge in [0.25, 0.3) is 0 Å². The van der Waals surface area contributed by atoms with Gasteiger partial charge in [-0.05, 0) is 19.9 Å². The summed E-state index contributed by atoms with van der Waals surface area (Å²) >= 11 is 0. The lowest BCUT2D eigenvalue weighted by atomic mass is 10.2. The van der Waals surface area contributed by atoms with E-state index in [9.17, 15) is 4.79 Å².